The Hall–Kier alpha value is -1.60. The van der Waals surface area contributed by atoms with Crippen LogP contribution >= 0.6 is 23.6 Å². The smallest absolute Gasteiger partial charge is 0.203 e. The predicted molar refractivity (Wildman–Crippen MR) is 81.0 cm³/mol. The number of rotatable bonds is 4. The molecule has 7 heteroatoms. The third-order valence-electron chi connectivity index (χ3n) is 2.72. The molecule has 0 aliphatic carbocycles. The highest BCUT2D eigenvalue weighted by molar-refractivity contribution is 7.80. The van der Waals surface area contributed by atoms with E-state index in [1.807, 2.05) is 0 Å². The number of hydrogen-bond donors (Lipinski definition) is 1. The van der Waals surface area contributed by atoms with Gasteiger partial charge in [-0.1, -0.05) is 22.7 Å². The standard InChI is InChI=1S/C13H13F2N3S2/c1-9-3-2-4-10(11(9)14)5-7-18(15)13(19)17-12-16-6-8-20-12/h2-4,6,8H,5,7H2,1H3,(H,16,17,19). The van der Waals surface area contributed by atoms with Crippen LogP contribution in [0, 0.1) is 12.7 Å². The van der Waals surface area contributed by atoms with E-state index < -0.39 is 0 Å². The molecule has 20 heavy (non-hydrogen) atoms. The van der Waals surface area contributed by atoms with Crippen LogP contribution in [-0.2, 0) is 6.42 Å². The van der Waals surface area contributed by atoms with E-state index in [0.717, 1.165) is 0 Å². The Balaban J connectivity index is 1.90. The molecular weight excluding hydrogens is 300 g/mol. The van der Waals surface area contributed by atoms with Crippen molar-refractivity contribution < 1.29 is 8.87 Å². The molecular formula is C13H13F2N3S2. The van der Waals surface area contributed by atoms with Gasteiger partial charge in [0.25, 0.3) is 0 Å². The lowest BCUT2D eigenvalue weighted by Crippen LogP contribution is -2.29. The van der Waals surface area contributed by atoms with Gasteiger partial charge in [-0.15, -0.1) is 11.3 Å². The quantitative estimate of drug-likeness (QED) is 0.688. The van der Waals surface area contributed by atoms with Crippen molar-refractivity contribution in [2.45, 2.75) is 13.3 Å². The summed E-state index contributed by atoms with van der Waals surface area (Å²) in [5.41, 5.74) is 1.03. The van der Waals surface area contributed by atoms with E-state index in [1.165, 1.54) is 11.3 Å². The number of anilines is 1. The van der Waals surface area contributed by atoms with Crippen molar-refractivity contribution in [3.8, 4) is 0 Å². The highest BCUT2D eigenvalue weighted by atomic mass is 32.1. The van der Waals surface area contributed by atoms with E-state index in [-0.39, 0.29) is 23.9 Å². The van der Waals surface area contributed by atoms with Gasteiger partial charge in [-0.25, -0.2) is 9.37 Å². The Labute approximate surface area is 125 Å². The molecule has 0 radical (unpaired) electrons. The predicted octanol–water partition coefficient (Wildman–Crippen LogP) is 3.72. The van der Waals surface area contributed by atoms with Crippen molar-refractivity contribution in [3.05, 3.63) is 46.7 Å². The molecule has 106 valence electrons. The summed E-state index contributed by atoms with van der Waals surface area (Å²) in [5, 5.41) is 5.28. The summed E-state index contributed by atoms with van der Waals surface area (Å²) in [4.78, 5) is 3.95. The second kappa shape index (κ2) is 6.71. The minimum atomic E-state index is -0.292. The Bertz CT molecular complexity index is 587. The fraction of sp³-hybridized carbons (Fsp3) is 0.231. The summed E-state index contributed by atoms with van der Waals surface area (Å²) in [6, 6.07) is 5.08. The summed E-state index contributed by atoms with van der Waals surface area (Å²) in [6.07, 6.45) is 1.84. The molecule has 0 spiro atoms. The molecule has 0 saturated heterocycles. The van der Waals surface area contributed by atoms with Crippen LogP contribution in [-0.4, -0.2) is 21.8 Å². The summed E-state index contributed by atoms with van der Waals surface area (Å²) in [5.74, 6) is -0.292. The number of hydrogen-bond acceptors (Lipinski definition) is 3. The Kier molecular flexibility index (Phi) is 4.97. The number of thiocarbonyl (C=S) groups is 1. The van der Waals surface area contributed by atoms with Crippen LogP contribution in [0.5, 0.6) is 0 Å². The fourth-order valence-corrected chi connectivity index (χ4v) is 2.44. The lowest BCUT2D eigenvalue weighted by Gasteiger charge is -2.15. The van der Waals surface area contributed by atoms with Gasteiger partial charge in [0.05, 0.1) is 6.54 Å². The van der Waals surface area contributed by atoms with Crippen LogP contribution in [0.1, 0.15) is 11.1 Å². The van der Waals surface area contributed by atoms with Gasteiger partial charge in [-0.2, -0.15) is 5.12 Å². The molecule has 0 fully saturated rings. The van der Waals surface area contributed by atoms with E-state index in [4.69, 9.17) is 12.2 Å². The number of nitrogens with zero attached hydrogens (tertiary/aromatic N) is 2. The maximum atomic E-state index is 13.8. The first-order chi connectivity index (χ1) is 9.58. The van der Waals surface area contributed by atoms with Gasteiger partial charge >= 0.3 is 0 Å². The summed E-state index contributed by atoms with van der Waals surface area (Å²) < 4.78 is 27.6. The first kappa shape index (κ1) is 14.8. The topological polar surface area (TPSA) is 28.2 Å². The van der Waals surface area contributed by atoms with Crippen LogP contribution in [0.3, 0.4) is 0 Å². The number of aromatic nitrogens is 1. The minimum Gasteiger partial charge on any atom is -0.307 e. The van der Waals surface area contributed by atoms with Crippen molar-refractivity contribution in [3.63, 3.8) is 0 Å². The van der Waals surface area contributed by atoms with Gasteiger partial charge in [0, 0.05) is 11.6 Å². The maximum Gasteiger partial charge on any atom is 0.203 e. The molecule has 2 rings (SSSR count). The van der Waals surface area contributed by atoms with Crippen molar-refractivity contribution in [1.82, 2.24) is 10.1 Å². The minimum absolute atomic E-state index is 0.0163. The lowest BCUT2D eigenvalue weighted by molar-refractivity contribution is 0.126. The summed E-state index contributed by atoms with van der Waals surface area (Å²) >= 11 is 6.24. The molecule has 0 amide bonds. The average Bonchev–Trinajstić information content (AvgIpc) is 2.93. The SMILES string of the molecule is Cc1cccc(CCN(F)C(=S)Nc2nccs2)c1F. The molecule has 3 nitrogen and oxygen atoms in total. The monoisotopic (exact) mass is 313 g/mol. The molecule has 1 aromatic heterocycles. The lowest BCUT2D eigenvalue weighted by atomic mass is 10.1. The molecule has 0 aliphatic heterocycles. The first-order valence-electron chi connectivity index (χ1n) is 5.95. The van der Waals surface area contributed by atoms with Crippen LogP contribution in [0.25, 0.3) is 0 Å². The average molecular weight is 313 g/mol. The summed E-state index contributed by atoms with van der Waals surface area (Å²) in [7, 11) is 0. The van der Waals surface area contributed by atoms with Gasteiger partial charge in [-0.3, -0.25) is 0 Å². The molecule has 0 atom stereocenters. The van der Waals surface area contributed by atoms with Crippen LogP contribution in [0.2, 0.25) is 0 Å². The molecule has 1 aromatic carbocycles. The number of thiazole rings is 1. The first-order valence-corrected chi connectivity index (χ1v) is 7.24. The molecule has 1 heterocycles. The Morgan fingerprint density at radius 1 is 1.50 bits per heavy atom. The van der Waals surface area contributed by atoms with Gasteiger partial charge < -0.3 is 5.32 Å². The van der Waals surface area contributed by atoms with Crippen molar-refractivity contribution in [2.75, 3.05) is 11.9 Å². The Morgan fingerprint density at radius 2 is 2.30 bits per heavy atom. The fourth-order valence-electron chi connectivity index (χ4n) is 1.66. The van der Waals surface area contributed by atoms with E-state index in [2.05, 4.69) is 10.3 Å². The van der Waals surface area contributed by atoms with Crippen LogP contribution in [0.15, 0.2) is 29.8 Å². The highest BCUT2D eigenvalue weighted by Crippen LogP contribution is 2.14. The molecule has 0 aliphatic rings. The van der Waals surface area contributed by atoms with Gasteiger partial charge in [-0.05, 0) is 36.7 Å². The second-order valence-corrected chi connectivity index (χ2v) is 5.43. The molecule has 0 bridgehead atoms. The molecule has 1 N–H and O–H groups in total. The van der Waals surface area contributed by atoms with Crippen LogP contribution < -0.4 is 5.32 Å². The third-order valence-corrected chi connectivity index (χ3v) is 3.70. The van der Waals surface area contributed by atoms with E-state index in [9.17, 15) is 8.87 Å². The zero-order chi connectivity index (χ0) is 14.5. The Morgan fingerprint density at radius 3 is 3.00 bits per heavy atom. The zero-order valence-corrected chi connectivity index (χ0v) is 12.4. The van der Waals surface area contributed by atoms with Crippen molar-refractivity contribution in [2.24, 2.45) is 0 Å². The van der Waals surface area contributed by atoms with E-state index in [0.29, 0.717) is 21.4 Å². The normalized spacial score (nSPS) is 10.3. The number of aryl methyl sites for hydroxylation is 1. The molecule has 2 aromatic rings. The largest absolute Gasteiger partial charge is 0.307 e. The van der Waals surface area contributed by atoms with Gasteiger partial charge in [0.2, 0.25) is 5.11 Å². The van der Waals surface area contributed by atoms with Crippen molar-refractivity contribution >= 4 is 33.8 Å². The number of nitrogens with one attached hydrogen (secondary N) is 1. The zero-order valence-electron chi connectivity index (χ0n) is 10.8. The van der Waals surface area contributed by atoms with Gasteiger partial charge in [0.15, 0.2) is 5.13 Å². The van der Waals surface area contributed by atoms with E-state index >= 15 is 0 Å². The highest BCUT2D eigenvalue weighted by Gasteiger charge is 2.12. The second-order valence-electron chi connectivity index (χ2n) is 4.15. The summed E-state index contributed by atoms with van der Waals surface area (Å²) in [6.45, 7) is 1.66. The van der Waals surface area contributed by atoms with Crippen molar-refractivity contribution in [1.29, 1.82) is 0 Å². The maximum absolute atomic E-state index is 13.8. The number of halogens is 2. The number of benzene rings is 1. The third kappa shape index (κ3) is 3.71. The van der Waals surface area contributed by atoms with Crippen LogP contribution in [0.4, 0.5) is 14.0 Å². The molecule has 0 unspecified atom stereocenters. The van der Waals surface area contributed by atoms with E-state index in [1.54, 1.807) is 36.7 Å². The van der Waals surface area contributed by atoms with Gasteiger partial charge in [0.1, 0.15) is 5.82 Å². The molecule has 0 saturated carbocycles.